The molecule has 4 nitrogen and oxygen atoms in total. The molecule has 1 unspecified atom stereocenters. The van der Waals surface area contributed by atoms with Gasteiger partial charge in [0.05, 0.1) is 11.4 Å². The number of nitrogens with zero attached hydrogens (tertiary/aromatic N) is 3. The number of aryl methyl sites for hydroxylation is 1. The molecule has 3 aromatic rings. The van der Waals surface area contributed by atoms with Crippen LogP contribution < -0.4 is 5.73 Å². The van der Waals surface area contributed by atoms with Gasteiger partial charge in [0.2, 0.25) is 0 Å². The van der Waals surface area contributed by atoms with Gasteiger partial charge in [0.15, 0.2) is 0 Å². The molecular formula is C16H18N4. The molecule has 3 heterocycles. The summed E-state index contributed by atoms with van der Waals surface area (Å²) in [6.07, 6.45) is 3.59. The van der Waals surface area contributed by atoms with Gasteiger partial charge in [-0.1, -0.05) is 13.0 Å². The Kier molecular flexibility index (Phi) is 3.24. The molecule has 0 spiro atoms. The molecule has 2 N–H and O–H groups in total. The minimum Gasteiger partial charge on any atom is -0.330 e. The second-order valence-electron chi connectivity index (χ2n) is 5.08. The van der Waals surface area contributed by atoms with Crippen LogP contribution in [0.1, 0.15) is 24.2 Å². The van der Waals surface area contributed by atoms with Crippen LogP contribution >= 0.6 is 0 Å². The molecule has 0 aromatic carbocycles. The van der Waals surface area contributed by atoms with E-state index in [0.29, 0.717) is 6.54 Å². The summed E-state index contributed by atoms with van der Waals surface area (Å²) in [6, 6.07) is 10.1. The second-order valence-corrected chi connectivity index (χ2v) is 5.08. The quantitative estimate of drug-likeness (QED) is 0.793. The Bertz CT molecular complexity index is 731. The molecule has 0 bridgehead atoms. The van der Waals surface area contributed by atoms with Crippen LogP contribution in [0, 0.1) is 6.92 Å². The minimum absolute atomic E-state index is 0.245. The van der Waals surface area contributed by atoms with Crippen LogP contribution in [0.4, 0.5) is 0 Å². The Morgan fingerprint density at radius 3 is 2.65 bits per heavy atom. The van der Waals surface area contributed by atoms with E-state index in [1.807, 2.05) is 24.3 Å². The number of hydrogen-bond acceptors (Lipinski definition) is 3. The second kappa shape index (κ2) is 5.06. The van der Waals surface area contributed by atoms with Crippen LogP contribution in [0.2, 0.25) is 0 Å². The predicted molar refractivity (Wildman–Crippen MR) is 80.6 cm³/mol. The summed E-state index contributed by atoms with van der Waals surface area (Å²) >= 11 is 0. The number of hydrogen-bond donors (Lipinski definition) is 1. The van der Waals surface area contributed by atoms with E-state index in [-0.39, 0.29) is 5.92 Å². The minimum atomic E-state index is 0.245. The fraction of sp³-hybridized carbons (Fsp3) is 0.250. The summed E-state index contributed by atoms with van der Waals surface area (Å²) in [4.78, 5) is 8.87. The Morgan fingerprint density at radius 1 is 1.20 bits per heavy atom. The van der Waals surface area contributed by atoms with Crippen molar-refractivity contribution >= 4 is 5.65 Å². The lowest BCUT2D eigenvalue weighted by Gasteiger charge is -2.13. The van der Waals surface area contributed by atoms with E-state index < -0.39 is 0 Å². The molecule has 0 saturated carbocycles. The molecule has 0 aliphatic heterocycles. The zero-order chi connectivity index (χ0) is 14.1. The maximum atomic E-state index is 5.90. The molecule has 3 aromatic heterocycles. The molecule has 0 fully saturated rings. The predicted octanol–water partition coefficient (Wildman–Crippen LogP) is 2.77. The summed E-state index contributed by atoms with van der Waals surface area (Å²) in [5.74, 6) is 0.245. The van der Waals surface area contributed by atoms with Crippen molar-refractivity contribution < 1.29 is 0 Å². The third kappa shape index (κ3) is 1.98. The average Bonchev–Trinajstić information content (AvgIpc) is 2.88. The maximum absolute atomic E-state index is 5.90. The van der Waals surface area contributed by atoms with Crippen LogP contribution in [0.15, 0.2) is 42.7 Å². The van der Waals surface area contributed by atoms with Crippen molar-refractivity contribution in [3.05, 3.63) is 54.1 Å². The molecule has 0 aliphatic rings. The molecule has 20 heavy (non-hydrogen) atoms. The number of nitrogens with two attached hydrogens (primary N) is 1. The van der Waals surface area contributed by atoms with Gasteiger partial charge in [0.1, 0.15) is 5.65 Å². The van der Waals surface area contributed by atoms with Crippen LogP contribution in [0.5, 0.6) is 0 Å². The van der Waals surface area contributed by atoms with Crippen LogP contribution in [-0.4, -0.2) is 20.9 Å². The van der Waals surface area contributed by atoms with E-state index >= 15 is 0 Å². The highest BCUT2D eigenvalue weighted by Gasteiger charge is 2.19. The lowest BCUT2D eigenvalue weighted by Crippen LogP contribution is -2.12. The molecule has 0 amide bonds. The van der Waals surface area contributed by atoms with Gasteiger partial charge in [0.25, 0.3) is 0 Å². The highest BCUT2D eigenvalue weighted by atomic mass is 15.0. The molecule has 3 rings (SSSR count). The van der Waals surface area contributed by atoms with Crippen LogP contribution in [0.3, 0.4) is 0 Å². The average molecular weight is 266 g/mol. The third-order valence-electron chi connectivity index (χ3n) is 3.65. The number of aromatic nitrogens is 3. The number of imidazole rings is 1. The monoisotopic (exact) mass is 266 g/mol. The topological polar surface area (TPSA) is 56.2 Å². The summed E-state index contributed by atoms with van der Waals surface area (Å²) < 4.78 is 2.20. The number of fused-ring (bicyclic) bond motifs is 1. The zero-order valence-electron chi connectivity index (χ0n) is 11.7. The Balaban J connectivity index is 2.34. The summed E-state index contributed by atoms with van der Waals surface area (Å²) in [6.45, 7) is 4.83. The van der Waals surface area contributed by atoms with Crippen molar-refractivity contribution in [3.8, 4) is 11.3 Å². The van der Waals surface area contributed by atoms with Crippen molar-refractivity contribution in [3.63, 3.8) is 0 Å². The van der Waals surface area contributed by atoms with Gasteiger partial charge in [-0.15, -0.1) is 0 Å². The standard InChI is InChI=1S/C16H18N4/c1-11(10-17)16-15(13-6-8-18-9-7-13)19-14-5-3-4-12(2)20(14)16/h3-9,11H,10,17H2,1-2H3. The van der Waals surface area contributed by atoms with E-state index in [1.165, 1.54) is 11.4 Å². The Labute approximate surface area is 118 Å². The molecule has 1 atom stereocenters. The van der Waals surface area contributed by atoms with Gasteiger partial charge >= 0.3 is 0 Å². The summed E-state index contributed by atoms with van der Waals surface area (Å²) in [5, 5.41) is 0. The zero-order valence-corrected chi connectivity index (χ0v) is 11.7. The molecule has 0 radical (unpaired) electrons. The fourth-order valence-electron chi connectivity index (χ4n) is 2.57. The van der Waals surface area contributed by atoms with Gasteiger partial charge < -0.3 is 10.1 Å². The van der Waals surface area contributed by atoms with E-state index in [9.17, 15) is 0 Å². The molecular weight excluding hydrogens is 248 g/mol. The number of pyridine rings is 2. The van der Waals surface area contributed by atoms with Crippen molar-refractivity contribution in [2.24, 2.45) is 5.73 Å². The summed E-state index contributed by atoms with van der Waals surface area (Å²) in [7, 11) is 0. The van der Waals surface area contributed by atoms with Gasteiger partial charge in [-0.25, -0.2) is 4.98 Å². The lowest BCUT2D eigenvalue weighted by atomic mass is 10.0. The highest BCUT2D eigenvalue weighted by Crippen LogP contribution is 2.30. The summed E-state index contributed by atoms with van der Waals surface area (Å²) in [5.41, 5.74) is 11.3. The first kappa shape index (κ1) is 12.8. The maximum Gasteiger partial charge on any atom is 0.137 e. The first-order valence-corrected chi connectivity index (χ1v) is 6.80. The van der Waals surface area contributed by atoms with E-state index in [1.54, 1.807) is 12.4 Å². The van der Waals surface area contributed by atoms with Crippen molar-refractivity contribution in [2.45, 2.75) is 19.8 Å². The number of rotatable bonds is 3. The van der Waals surface area contributed by atoms with Crippen LogP contribution in [-0.2, 0) is 0 Å². The van der Waals surface area contributed by atoms with Crippen LogP contribution in [0.25, 0.3) is 16.9 Å². The fourth-order valence-corrected chi connectivity index (χ4v) is 2.57. The van der Waals surface area contributed by atoms with Gasteiger partial charge in [-0.3, -0.25) is 4.98 Å². The van der Waals surface area contributed by atoms with Gasteiger partial charge in [0, 0.05) is 36.1 Å². The Hall–Kier alpha value is -2.20. The SMILES string of the molecule is Cc1cccc2nc(-c3ccncc3)c(C(C)CN)n12. The molecule has 4 heteroatoms. The largest absolute Gasteiger partial charge is 0.330 e. The van der Waals surface area contributed by atoms with Gasteiger partial charge in [-0.2, -0.15) is 0 Å². The molecule has 0 saturated heterocycles. The normalized spacial score (nSPS) is 12.8. The third-order valence-corrected chi connectivity index (χ3v) is 3.65. The van der Waals surface area contributed by atoms with Gasteiger partial charge in [-0.05, 0) is 31.2 Å². The van der Waals surface area contributed by atoms with E-state index in [4.69, 9.17) is 10.7 Å². The first-order chi connectivity index (χ1) is 9.72. The molecule has 0 aliphatic carbocycles. The smallest absolute Gasteiger partial charge is 0.137 e. The van der Waals surface area contributed by atoms with Crippen molar-refractivity contribution in [1.29, 1.82) is 0 Å². The lowest BCUT2D eigenvalue weighted by molar-refractivity contribution is 0.733. The highest BCUT2D eigenvalue weighted by molar-refractivity contribution is 5.67. The Morgan fingerprint density at radius 2 is 1.95 bits per heavy atom. The first-order valence-electron chi connectivity index (χ1n) is 6.80. The van der Waals surface area contributed by atoms with Crippen molar-refractivity contribution in [1.82, 2.24) is 14.4 Å². The van der Waals surface area contributed by atoms with Crippen molar-refractivity contribution in [2.75, 3.05) is 6.54 Å². The molecule has 102 valence electrons. The van der Waals surface area contributed by atoms with E-state index in [2.05, 4.69) is 29.3 Å². The van der Waals surface area contributed by atoms with E-state index in [0.717, 1.165) is 16.9 Å².